The molecule has 0 aliphatic carbocycles. The first kappa shape index (κ1) is 28.1. The first-order valence-corrected chi connectivity index (χ1v) is 13.6. The molecule has 188 valence electrons. The van der Waals surface area contributed by atoms with Crippen molar-refractivity contribution in [1.82, 2.24) is 15.3 Å². The van der Waals surface area contributed by atoms with Gasteiger partial charge in [-0.25, -0.2) is 4.79 Å². The molecule has 18 heteroatoms. The Balaban J connectivity index is 1.70. The zero-order valence-corrected chi connectivity index (χ0v) is 20.5. The number of benzene rings is 1. The number of nitrogens with zero attached hydrogens (tertiary/aromatic N) is 5. The summed E-state index contributed by atoms with van der Waals surface area (Å²) >= 11 is 0. The number of carbonyl (C=O) groups is 4. The lowest BCUT2D eigenvalue weighted by Gasteiger charge is -2.13. The standard InChI is InChI=1S/C17H18N6O9S3/c1-18-22-20-10-2-3-12(21-28)11(8-10)16(26)19-5-7-34-33-6-4-15(25)32-23-14(24)9-13(17(23)27)35(29,30)31/h2-3,8,13H,4-7,9H2,1H3,(H-,19,26,29,30,31)/p+1. The number of amides is 3. The van der Waals surface area contributed by atoms with Crippen molar-refractivity contribution in [2.24, 2.45) is 15.4 Å². The molecule has 3 amide bonds. The molecule has 0 bridgehead atoms. The minimum atomic E-state index is -4.79. The Morgan fingerprint density at radius 3 is 2.63 bits per heavy atom. The van der Waals surface area contributed by atoms with Crippen LogP contribution in [0.2, 0.25) is 0 Å². The van der Waals surface area contributed by atoms with Gasteiger partial charge in [0, 0.05) is 18.1 Å². The molecule has 0 aromatic heterocycles. The van der Waals surface area contributed by atoms with E-state index in [1.807, 2.05) is 0 Å². The zero-order valence-electron chi connectivity index (χ0n) is 18.0. The van der Waals surface area contributed by atoms with Crippen molar-refractivity contribution in [1.29, 1.82) is 0 Å². The fourth-order valence-corrected chi connectivity index (χ4v) is 5.13. The maximum atomic E-state index is 12.3. The van der Waals surface area contributed by atoms with Crippen molar-refractivity contribution in [3.8, 4) is 0 Å². The average Bonchev–Trinajstić information content (AvgIpc) is 3.10. The van der Waals surface area contributed by atoms with Crippen molar-refractivity contribution in [2.75, 3.05) is 25.1 Å². The van der Waals surface area contributed by atoms with Gasteiger partial charge in [-0.1, -0.05) is 21.6 Å². The summed E-state index contributed by atoms with van der Waals surface area (Å²) in [6.07, 6.45) is -1.01. The highest BCUT2D eigenvalue weighted by Gasteiger charge is 2.48. The smallest absolute Gasteiger partial charge is 0.334 e. The number of imide groups is 1. The minimum absolute atomic E-state index is 0.0233. The lowest BCUT2D eigenvalue weighted by atomic mass is 10.1. The number of hydrogen-bond acceptors (Lipinski definition) is 13. The van der Waals surface area contributed by atoms with E-state index in [1.165, 1.54) is 46.8 Å². The number of nitroso groups, excluding NO2 is 1. The van der Waals surface area contributed by atoms with Crippen LogP contribution in [-0.2, 0) is 29.3 Å². The van der Waals surface area contributed by atoms with Gasteiger partial charge in [-0.15, -0.1) is 9.97 Å². The van der Waals surface area contributed by atoms with Gasteiger partial charge in [0.15, 0.2) is 16.1 Å². The topological polar surface area (TPSA) is 215 Å². The molecule has 15 nitrogen and oxygen atoms in total. The van der Waals surface area contributed by atoms with Gasteiger partial charge < -0.3 is 10.2 Å². The van der Waals surface area contributed by atoms with Gasteiger partial charge in [0.25, 0.3) is 27.8 Å². The highest BCUT2D eigenvalue weighted by atomic mass is 33.1. The van der Waals surface area contributed by atoms with E-state index in [1.54, 1.807) is 0 Å². The highest BCUT2D eigenvalue weighted by Crippen LogP contribution is 2.25. The fourth-order valence-electron chi connectivity index (χ4n) is 2.55. The Kier molecular flexibility index (Phi) is 10.5. The molecule has 1 saturated heterocycles. The molecule has 0 saturated carbocycles. The van der Waals surface area contributed by atoms with Crippen LogP contribution in [0.15, 0.2) is 33.6 Å². The summed E-state index contributed by atoms with van der Waals surface area (Å²) in [5.41, 5.74) is 0.277. The van der Waals surface area contributed by atoms with E-state index >= 15 is 0 Å². The fraction of sp³-hybridized carbons (Fsp3) is 0.412. The van der Waals surface area contributed by atoms with E-state index < -0.39 is 45.5 Å². The van der Waals surface area contributed by atoms with Crippen LogP contribution in [-0.4, -0.2) is 72.1 Å². The van der Waals surface area contributed by atoms with Crippen LogP contribution >= 0.6 is 21.6 Å². The maximum Gasteiger partial charge on any atom is 0.334 e. The second-order valence-electron chi connectivity index (χ2n) is 6.53. The summed E-state index contributed by atoms with van der Waals surface area (Å²) in [4.78, 5) is 66.6. The van der Waals surface area contributed by atoms with Crippen molar-refractivity contribution < 1.29 is 37.0 Å². The molecule has 1 fully saturated rings. The molecule has 2 rings (SSSR count). The van der Waals surface area contributed by atoms with Gasteiger partial charge in [-0.3, -0.25) is 18.9 Å². The lowest BCUT2D eigenvalue weighted by molar-refractivity contribution is -0.197. The van der Waals surface area contributed by atoms with Gasteiger partial charge in [0.2, 0.25) is 4.91 Å². The van der Waals surface area contributed by atoms with E-state index in [0.717, 1.165) is 0 Å². The predicted molar refractivity (Wildman–Crippen MR) is 124 cm³/mol. The molecule has 1 heterocycles. The first-order valence-electron chi connectivity index (χ1n) is 9.62. The minimum Gasteiger partial charge on any atom is -0.351 e. The van der Waals surface area contributed by atoms with Crippen molar-refractivity contribution >= 4 is 66.8 Å². The van der Waals surface area contributed by atoms with E-state index in [-0.39, 0.29) is 35.0 Å². The van der Waals surface area contributed by atoms with E-state index in [2.05, 4.69) is 30.5 Å². The normalized spacial score (nSPS) is 15.4. The van der Waals surface area contributed by atoms with E-state index in [9.17, 15) is 32.5 Å². The third-order valence-corrected chi connectivity index (χ3v) is 7.63. The molecule has 1 unspecified atom stereocenters. The molecule has 35 heavy (non-hydrogen) atoms. The SMILES string of the molecule is CN=[N+]=Nc1ccc(N=O)c(C(=O)NCCSSCCC(=O)ON2C(=O)CC(S(=O)(=O)O)C2=O)c1. The van der Waals surface area contributed by atoms with Gasteiger partial charge in [0.1, 0.15) is 17.8 Å². The van der Waals surface area contributed by atoms with Crippen LogP contribution < -0.4 is 10.2 Å². The zero-order chi connectivity index (χ0) is 26.0. The number of hydrogen-bond donors (Lipinski definition) is 2. The summed E-state index contributed by atoms with van der Waals surface area (Å²) in [5.74, 6) is -3.20. The van der Waals surface area contributed by atoms with Crippen molar-refractivity contribution in [3.63, 3.8) is 0 Å². The molecule has 1 aliphatic heterocycles. The summed E-state index contributed by atoms with van der Waals surface area (Å²) < 4.78 is 31.1. The maximum absolute atomic E-state index is 12.3. The molecule has 0 radical (unpaired) electrons. The van der Waals surface area contributed by atoms with Crippen molar-refractivity contribution in [2.45, 2.75) is 18.1 Å². The van der Waals surface area contributed by atoms with Crippen LogP contribution in [0, 0.1) is 4.91 Å². The van der Waals surface area contributed by atoms with Crippen LogP contribution in [0.1, 0.15) is 23.2 Å². The summed E-state index contributed by atoms with van der Waals surface area (Å²) in [7, 11) is -0.812. The Bertz CT molecular complexity index is 1180. The number of nitrogens with one attached hydrogen (secondary N) is 1. The Morgan fingerprint density at radius 1 is 1.29 bits per heavy atom. The molecule has 1 aromatic carbocycles. The second-order valence-corrected chi connectivity index (χ2v) is 10.8. The first-order chi connectivity index (χ1) is 16.6. The third kappa shape index (κ3) is 8.22. The Morgan fingerprint density at radius 2 is 2.00 bits per heavy atom. The van der Waals surface area contributed by atoms with E-state index in [4.69, 9.17) is 4.55 Å². The van der Waals surface area contributed by atoms with Crippen LogP contribution in [0.3, 0.4) is 0 Å². The third-order valence-electron chi connectivity index (χ3n) is 4.13. The van der Waals surface area contributed by atoms with Crippen LogP contribution in [0.4, 0.5) is 11.4 Å². The molecule has 1 aliphatic rings. The second kappa shape index (κ2) is 13.1. The molecule has 1 aromatic rings. The van der Waals surface area contributed by atoms with Gasteiger partial charge in [0.05, 0.1) is 18.4 Å². The summed E-state index contributed by atoms with van der Waals surface area (Å²) in [6, 6.07) is 4.14. The predicted octanol–water partition coefficient (Wildman–Crippen LogP) is 1.29. The molecule has 2 N–H and O–H groups in total. The highest BCUT2D eigenvalue weighted by molar-refractivity contribution is 8.76. The van der Waals surface area contributed by atoms with E-state index in [0.29, 0.717) is 11.4 Å². The van der Waals surface area contributed by atoms with Crippen LogP contribution in [0.5, 0.6) is 0 Å². The summed E-state index contributed by atoms with van der Waals surface area (Å²) in [5, 5.41) is 10.7. The van der Waals surface area contributed by atoms with Gasteiger partial charge in [-0.05, 0) is 23.4 Å². The average molecular weight is 548 g/mol. The largest absolute Gasteiger partial charge is 0.351 e. The molecular formula is C17H19N6O9S3+. The van der Waals surface area contributed by atoms with Gasteiger partial charge >= 0.3 is 5.97 Å². The molecule has 1 atom stereocenters. The monoisotopic (exact) mass is 547 g/mol. The number of hydroxylamine groups is 2. The summed E-state index contributed by atoms with van der Waals surface area (Å²) in [6.45, 7) is 0.225. The van der Waals surface area contributed by atoms with Crippen molar-refractivity contribution in [3.05, 3.63) is 28.7 Å². The lowest BCUT2D eigenvalue weighted by Crippen LogP contribution is -2.36. The van der Waals surface area contributed by atoms with Crippen LogP contribution in [0.25, 0.3) is 0 Å². The molecular weight excluding hydrogens is 528 g/mol. The molecule has 0 spiro atoms. The Hall–Kier alpha value is -3.18. The number of rotatable bonds is 12. The quantitative estimate of drug-likeness (QED) is 0.0722. The number of carbonyl (C=O) groups excluding carboxylic acids is 4. The van der Waals surface area contributed by atoms with Gasteiger partial charge in [-0.2, -0.15) is 8.42 Å². The Labute approximate surface area is 206 Å².